The van der Waals surface area contributed by atoms with Crippen LogP contribution in [0.5, 0.6) is 11.5 Å². The summed E-state index contributed by atoms with van der Waals surface area (Å²) in [6, 6.07) is 9.01. The van der Waals surface area contributed by atoms with Crippen LogP contribution in [0, 0.1) is 10.1 Å². The Labute approximate surface area is 208 Å². The molecule has 0 atom stereocenters. The van der Waals surface area contributed by atoms with Gasteiger partial charge in [-0.2, -0.15) is 0 Å². The second-order valence-corrected chi connectivity index (χ2v) is 9.66. The third-order valence-corrected chi connectivity index (χ3v) is 5.85. The molecule has 0 radical (unpaired) electrons. The van der Waals surface area contributed by atoms with Gasteiger partial charge in [-0.3, -0.25) is 19.8 Å². The highest BCUT2D eigenvalue weighted by Crippen LogP contribution is 2.33. The van der Waals surface area contributed by atoms with Crippen molar-refractivity contribution in [1.29, 1.82) is 0 Å². The fourth-order valence-corrected chi connectivity index (χ4v) is 4.18. The maximum absolute atomic E-state index is 13.4. The first-order chi connectivity index (χ1) is 17.1. The van der Waals surface area contributed by atoms with Crippen molar-refractivity contribution >= 4 is 23.4 Å². The normalized spacial score (nSPS) is 15.3. The smallest absolute Gasteiger partial charge is 0.415 e. The molecule has 0 aliphatic carbocycles. The predicted octanol–water partition coefficient (Wildman–Crippen LogP) is 3.75. The van der Waals surface area contributed by atoms with Crippen molar-refractivity contribution in [2.75, 3.05) is 24.8 Å². The highest BCUT2D eigenvalue weighted by molar-refractivity contribution is 6.04. The summed E-state index contributed by atoms with van der Waals surface area (Å²) in [7, 11) is 0. The van der Waals surface area contributed by atoms with Gasteiger partial charge in [0, 0.05) is 24.7 Å². The van der Waals surface area contributed by atoms with Gasteiger partial charge in [0.25, 0.3) is 11.6 Å². The molecule has 0 bridgehead atoms. The zero-order chi connectivity index (χ0) is 25.9. The van der Waals surface area contributed by atoms with Crippen LogP contribution in [-0.2, 0) is 11.3 Å². The van der Waals surface area contributed by atoms with Crippen molar-refractivity contribution in [2.24, 2.45) is 0 Å². The van der Waals surface area contributed by atoms with Gasteiger partial charge in [0.15, 0.2) is 11.5 Å². The Morgan fingerprint density at radius 2 is 1.86 bits per heavy atom. The van der Waals surface area contributed by atoms with E-state index in [0.717, 1.165) is 5.56 Å². The Morgan fingerprint density at radius 1 is 1.14 bits per heavy atom. The Kier molecular flexibility index (Phi) is 7.30. The molecule has 2 heterocycles. The number of nitrogens with zero attached hydrogens (tertiary/aromatic N) is 2. The second-order valence-electron chi connectivity index (χ2n) is 9.66. The summed E-state index contributed by atoms with van der Waals surface area (Å²) in [4.78, 5) is 39.1. The van der Waals surface area contributed by atoms with E-state index in [9.17, 15) is 19.7 Å². The van der Waals surface area contributed by atoms with E-state index in [-0.39, 0.29) is 36.3 Å². The van der Waals surface area contributed by atoms with E-state index in [0.29, 0.717) is 37.4 Å². The van der Waals surface area contributed by atoms with Crippen LogP contribution in [0.15, 0.2) is 36.4 Å². The molecule has 0 aromatic heterocycles. The van der Waals surface area contributed by atoms with Gasteiger partial charge in [-0.1, -0.05) is 6.07 Å². The summed E-state index contributed by atoms with van der Waals surface area (Å²) < 4.78 is 16.4. The van der Waals surface area contributed by atoms with Gasteiger partial charge in [0.05, 0.1) is 16.2 Å². The van der Waals surface area contributed by atoms with Crippen LogP contribution in [0.3, 0.4) is 0 Å². The summed E-state index contributed by atoms with van der Waals surface area (Å²) in [6.07, 6.45) is 0.691. The highest BCUT2D eigenvalue weighted by Gasteiger charge is 2.34. The van der Waals surface area contributed by atoms with Crippen LogP contribution in [0.25, 0.3) is 0 Å². The molecule has 2 aliphatic rings. The number of rotatable bonds is 6. The van der Waals surface area contributed by atoms with E-state index in [4.69, 9.17) is 14.2 Å². The molecular formula is C25H30N4O7. The minimum absolute atomic E-state index is 0.0225. The fraction of sp³-hybridized carbons (Fsp3) is 0.440. The standard InChI is InChI=1S/C25H30N4O7/c1-25(2,3)36-24(31)28(17-8-10-26-11-9-17)20-6-5-18(29(32)33)13-19(20)23(30)27-14-16-4-7-21-22(12-16)35-15-34-21/h4-7,12-13,17,26H,8-11,14-15H2,1-3H3,(H,27,30). The second kappa shape index (κ2) is 10.4. The number of nitro benzene ring substituents is 1. The van der Waals surface area contributed by atoms with Gasteiger partial charge < -0.3 is 24.8 Å². The first-order valence-electron chi connectivity index (χ1n) is 11.8. The van der Waals surface area contributed by atoms with Crippen molar-refractivity contribution in [3.8, 4) is 11.5 Å². The number of anilines is 1. The van der Waals surface area contributed by atoms with Crippen LogP contribution in [-0.4, -0.2) is 48.4 Å². The third-order valence-electron chi connectivity index (χ3n) is 5.85. The number of nitrogens with one attached hydrogen (secondary N) is 2. The number of nitro groups is 1. The van der Waals surface area contributed by atoms with Gasteiger partial charge in [-0.05, 0) is 70.5 Å². The summed E-state index contributed by atoms with van der Waals surface area (Å²) in [5.41, 5.74) is 0.0489. The number of hydrogen-bond donors (Lipinski definition) is 2. The van der Waals surface area contributed by atoms with Crippen molar-refractivity contribution < 1.29 is 28.7 Å². The van der Waals surface area contributed by atoms with Crippen LogP contribution in [0.2, 0.25) is 0 Å². The van der Waals surface area contributed by atoms with E-state index >= 15 is 0 Å². The Morgan fingerprint density at radius 3 is 2.56 bits per heavy atom. The molecule has 2 aromatic carbocycles. The maximum Gasteiger partial charge on any atom is 0.415 e. The van der Waals surface area contributed by atoms with Crippen molar-refractivity contribution in [3.63, 3.8) is 0 Å². The Bertz CT molecular complexity index is 1160. The molecule has 36 heavy (non-hydrogen) atoms. The minimum atomic E-state index is -0.759. The molecular weight excluding hydrogens is 468 g/mol. The SMILES string of the molecule is CC(C)(C)OC(=O)N(c1ccc([N+](=O)[O-])cc1C(=O)NCc1ccc2c(c1)OCO2)C1CCNCC1. The van der Waals surface area contributed by atoms with E-state index < -0.39 is 22.5 Å². The van der Waals surface area contributed by atoms with Crippen LogP contribution in [0.1, 0.15) is 49.5 Å². The number of carbonyl (C=O) groups is 2. The van der Waals surface area contributed by atoms with Crippen molar-refractivity contribution in [3.05, 3.63) is 57.6 Å². The molecule has 4 rings (SSSR count). The third kappa shape index (κ3) is 5.85. The molecule has 1 saturated heterocycles. The summed E-state index contributed by atoms with van der Waals surface area (Å²) in [6.45, 7) is 6.98. The average Bonchev–Trinajstić information content (AvgIpc) is 3.30. The van der Waals surface area contributed by atoms with Crippen LogP contribution >= 0.6 is 0 Å². The van der Waals surface area contributed by atoms with E-state index in [1.807, 2.05) is 0 Å². The van der Waals surface area contributed by atoms with E-state index in [1.54, 1.807) is 39.0 Å². The number of carbonyl (C=O) groups excluding carboxylic acids is 2. The van der Waals surface area contributed by atoms with Gasteiger partial charge in [0.2, 0.25) is 6.79 Å². The van der Waals surface area contributed by atoms with Crippen molar-refractivity contribution in [2.45, 2.75) is 51.8 Å². The molecule has 0 saturated carbocycles. The lowest BCUT2D eigenvalue weighted by molar-refractivity contribution is -0.384. The first-order valence-corrected chi connectivity index (χ1v) is 11.8. The molecule has 0 spiro atoms. The maximum atomic E-state index is 13.4. The Balaban J connectivity index is 1.66. The summed E-state index contributed by atoms with van der Waals surface area (Å²) >= 11 is 0. The number of fused-ring (bicyclic) bond motifs is 1. The average molecular weight is 499 g/mol. The minimum Gasteiger partial charge on any atom is -0.454 e. The topological polar surface area (TPSA) is 132 Å². The van der Waals surface area contributed by atoms with Crippen LogP contribution < -0.4 is 25.0 Å². The van der Waals surface area contributed by atoms with Crippen molar-refractivity contribution in [1.82, 2.24) is 10.6 Å². The molecule has 0 unspecified atom stereocenters. The van der Waals surface area contributed by atoms with E-state index in [1.165, 1.54) is 23.1 Å². The molecule has 1 fully saturated rings. The van der Waals surface area contributed by atoms with Gasteiger partial charge in [-0.15, -0.1) is 0 Å². The fourth-order valence-electron chi connectivity index (χ4n) is 4.18. The number of non-ortho nitro benzene ring substituents is 1. The number of hydrogen-bond acceptors (Lipinski definition) is 8. The lowest BCUT2D eigenvalue weighted by Crippen LogP contribution is -2.49. The van der Waals surface area contributed by atoms with Crippen LogP contribution in [0.4, 0.5) is 16.2 Å². The quantitative estimate of drug-likeness (QED) is 0.455. The zero-order valence-corrected chi connectivity index (χ0v) is 20.5. The molecule has 2 amide bonds. The Hall–Kier alpha value is -3.86. The molecule has 11 nitrogen and oxygen atoms in total. The number of piperidine rings is 1. The lowest BCUT2D eigenvalue weighted by Gasteiger charge is -2.36. The summed E-state index contributed by atoms with van der Waals surface area (Å²) in [5.74, 6) is 0.662. The monoisotopic (exact) mass is 498 g/mol. The molecule has 11 heteroatoms. The molecule has 2 aliphatic heterocycles. The van der Waals surface area contributed by atoms with Gasteiger partial charge >= 0.3 is 6.09 Å². The number of benzene rings is 2. The van der Waals surface area contributed by atoms with Gasteiger partial charge in [-0.25, -0.2) is 4.79 Å². The molecule has 192 valence electrons. The molecule has 2 N–H and O–H groups in total. The highest BCUT2D eigenvalue weighted by atomic mass is 16.7. The number of ether oxygens (including phenoxy) is 3. The lowest BCUT2D eigenvalue weighted by atomic mass is 10.0. The summed E-state index contributed by atoms with van der Waals surface area (Å²) in [5, 5.41) is 17.6. The number of amides is 2. The zero-order valence-electron chi connectivity index (χ0n) is 20.5. The first kappa shape index (κ1) is 25.2. The van der Waals surface area contributed by atoms with Gasteiger partial charge in [0.1, 0.15) is 5.60 Å². The van der Waals surface area contributed by atoms with E-state index in [2.05, 4.69) is 10.6 Å². The predicted molar refractivity (Wildman–Crippen MR) is 131 cm³/mol. The largest absolute Gasteiger partial charge is 0.454 e. The molecule has 2 aromatic rings.